The van der Waals surface area contributed by atoms with E-state index in [2.05, 4.69) is 69.2 Å². The van der Waals surface area contributed by atoms with Gasteiger partial charge in [0, 0.05) is 18.6 Å². The van der Waals surface area contributed by atoms with E-state index in [0.717, 1.165) is 6.54 Å². The molecule has 0 amide bonds. The minimum Gasteiger partial charge on any atom is -0.316 e. The van der Waals surface area contributed by atoms with Crippen LogP contribution in [0.3, 0.4) is 0 Å². The van der Waals surface area contributed by atoms with E-state index >= 15 is 0 Å². The highest BCUT2D eigenvalue weighted by atomic mass is 15.2. The lowest BCUT2D eigenvalue weighted by atomic mass is 9.86. The van der Waals surface area contributed by atoms with E-state index in [4.69, 9.17) is 0 Å². The normalized spacial score (nSPS) is 22.2. The Morgan fingerprint density at radius 3 is 2.43 bits per heavy atom. The van der Waals surface area contributed by atoms with Crippen molar-refractivity contribution in [2.45, 2.75) is 71.0 Å². The number of nitrogens with zero attached hydrogens (tertiary/aromatic N) is 1. The van der Waals surface area contributed by atoms with Gasteiger partial charge in [0.25, 0.3) is 0 Å². The zero-order valence-corrected chi connectivity index (χ0v) is 14.4. The Kier molecular flexibility index (Phi) is 5.45. The van der Waals surface area contributed by atoms with Crippen LogP contribution in [0.4, 0.5) is 0 Å². The highest BCUT2D eigenvalue weighted by Crippen LogP contribution is 2.25. The minimum atomic E-state index is 0.243. The van der Waals surface area contributed by atoms with Gasteiger partial charge in [-0.2, -0.15) is 0 Å². The third-order valence-electron chi connectivity index (χ3n) is 4.90. The fourth-order valence-corrected chi connectivity index (χ4v) is 3.32. The summed E-state index contributed by atoms with van der Waals surface area (Å²) in [6, 6.07) is 10.5. The largest absolute Gasteiger partial charge is 0.316 e. The van der Waals surface area contributed by atoms with E-state index in [1.165, 1.54) is 36.9 Å². The van der Waals surface area contributed by atoms with Gasteiger partial charge in [0.2, 0.25) is 0 Å². The zero-order valence-electron chi connectivity index (χ0n) is 14.4. The number of likely N-dealkylation sites (tertiary alicyclic amines) is 1. The highest BCUT2D eigenvalue weighted by Gasteiger charge is 2.26. The summed E-state index contributed by atoms with van der Waals surface area (Å²) in [5, 5.41) is 3.44. The number of nitrogens with one attached hydrogen (secondary N) is 1. The Balaban J connectivity index is 2.05. The average molecular weight is 288 g/mol. The molecule has 0 aliphatic carbocycles. The minimum absolute atomic E-state index is 0.243. The van der Waals surface area contributed by atoms with Crippen molar-refractivity contribution in [1.29, 1.82) is 0 Å². The second kappa shape index (κ2) is 6.93. The summed E-state index contributed by atoms with van der Waals surface area (Å²) in [6.07, 6.45) is 4.03. The smallest absolute Gasteiger partial charge is 0.0250 e. The van der Waals surface area contributed by atoms with Gasteiger partial charge in [-0.25, -0.2) is 0 Å². The number of benzene rings is 1. The molecule has 1 N–H and O–H groups in total. The first-order valence-corrected chi connectivity index (χ1v) is 8.42. The molecule has 0 bridgehead atoms. The number of rotatable bonds is 4. The maximum atomic E-state index is 3.44. The van der Waals surface area contributed by atoms with Gasteiger partial charge in [-0.1, -0.05) is 51.5 Å². The summed E-state index contributed by atoms with van der Waals surface area (Å²) in [5.41, 5.74) is 3.11. The molecule has 1 heterocycles. The van der Waals surface area contributed by atoms with E-state index in [9.17, 15) is 0 Å². The van der Waals surface area contributed by atoms with E-state index in [1.807, 2.05) is 0 Å². The molecule has 1 aromatic carbocycles. The quantitative estimate of drug-likeness (QED) is 0.902. The van der Waals surface area contributed by atoms with Crippen LogP contribution in [0.2, 0.25) is 0 Å². The third kappa shape index (κ3) is 4.31. The van der Waals surface area contributed by atoms with Gasteiger partial charge in [0.15, 0.2) is 0 Å². The van der Waals surface area contributed by atoms with Crippen molar-refractivity contribution in [3.8, 4) is 0 Å². The Morgan fingerprint density at radius 2 is 1.86 bits per heavy atom. The van der Waals surface area contributed by atoms with Crippen LogP contribution in [0, 0.1) is 0 Å². The number of piperidine rings is 1. The van der Waals surface area contributed by atoms with Crippen LogP contribution in [0.1, 0.15) is 58.1 Å². The highest BCUT2D eigenvalue weighted by molar-refractivity contribution is 5.27. The van der Waals surface area contributed by atoms with Gasteiger partial charge in [-0.15, -0.1) is 0 Å². The molecule has 0 saturated carbocycles. The van der Waals surface area contributed by atoms with Crippen LogP contribution < -0.4 is 5.32 Å². The Bertz CT molecular complexity index is 430. The van der Waals surface area contributed by atoms with Gasteiger partial charge < -0.3 is 5.32 Å². The molecule has 2 heteroatoms. The van der Waals surface area contributed by atoms with E-state index in [1.54, 1.807) is 0 Å². The summed E-state index contributed by atoms with van der Waals surface area (Å²) < 4.78 is 0. The van der Waals surface area contributed by atoms with Crippen LogP contribution in [-0.4, -0.2) is 30.6 Å². The number of hydrogen-bond donors (Lipinski definition) is 1. The summed E-state index contributed by atoms with van der Waals surface area (Å²) in [4.78, 5) is 2.66. The summed E-state index contributed by atoms with van der Waals surface area (Å²) >= 11 is 0. The lowest BCUT2D eigenvalue weighted by molar-refractivity contribution is 0.114. The first-order chi connectivity index (χ1) is 9.91. The molecule has 21 heavy (non-hydrogen) atoms. The average Bonchev–Trinajstić information content (AvgIpc) is 2.46. The van der Waals surface area contributed by atoms with Crippen molar-refractivity contribution in [1.82, 2.24) is 10.2 Å². The summed E-state index contributed by atoms with van der Waals surface area (Å²) in [6.45, 7) is 11.5. The van der Waals surface area contributed by atoms with Gasteiger partial charge >= 0.3 is 0 Å². The molecule has 1 aliphatic heterocycles. The standard InChI is InChI=1S/C19H32N2/c1-15(20-5)18-8-6-7-13-21(18)14-16-9-11-17(12-10-16)19(2,3)4/h9-12,15,18,20H,6-8,13-14H2,1-5H3. The SMILES string of the molecule is CNC(C)C1CCCCN1Cc1ccc(C(C)(C)C)cc1. The van der Waals surface area contributed by atoms with Crippen molar-refractivity contribution in [3.63, 3.8) is 0 Å². The maximum absolute atomic E-state index is 3.44. The number of likely N-dealkylation sites (N-methyl/N-ethyl adjacent to an activating group) is 1. The van der Waals surface area contributed by atoms with Crippen molar-refractivity contribution >= 4 is 0 Å². The molecule has 0 radical (unpaired) electrons. The van der Waals surface area contributed by atoms with Gasteiger partial charge in [-0.3, -0.25) is 4.90 Å². The molecule has 2 rings (SSSR count). The molecular formula is C19H32N2. The van der Waals surface area contributed by atoms with Gasteiger partial charge in [0.05, 0.1) is 0 Å². The summed E-state index contributed by atoms with van der Waals surface area (Å²) in [7, 11) is 2.08. The molecule has 1 aliphatic rings. The molecule has 2 nitrogen and oxygen atoms in total. The Hall–Kier alpha value is -0.860. The Morgan fingerprint density at radius 1 is 1.19 bits per heavy atom. The fourth-order valence-electron chi connectivity index (χ4n) is 3.32. The zero-order chi connectivity index (χ0) is 15.5. The molecule has 0 spiro atoms. The molecule has 0 aromatic heterocycles. The van der Waals surface area contributed by atoms with E-state index in [0.29, 0.717) is 12.1 Å². The first-order valence-electron chi connectivity index (χ1n) is 8.42. The van der Waals surface area contributed by atoms with Gasteiger partial charge in [-0.05, 0) is 49.9 Å². The number of hydrogen-bond acceptors (Lipinski definition) is 2. The molecule has 2 atom stereocenters. The fraction of sp³-hybridized carbons (Fsp3) is 0.684. The topological polar surface area (TPSA) is 15.3 Å². The molecule has 1 aromatic rings. The van der Waals surface area contributed by atoms with Crippen LogP contribution in [0.5, 0.6) is 0 Å². The van der Waals surface area contributed by atoms with Crippen molar-refractivity contribution < 1.29 is 0 Å². The second-order valence-corrected chi connectivity index (χ2v) is 7.56. The predicted molar refractivity (Wildman–Crippen MR) is 91.7 cm³/mol. The van der Waals surface area contributed by atoms with Crippen LogP contribution in [-0.2, 0) is 12.0 Å². The van der Waals surface area contributed by atoms with Crippen molar-refractivity contribution in [2.75, 3.05) is 13.6 Å². The molecule has 1 fully saturated rings. The van der Waals surface area contributed by atoms with E-state index < -0.39 is 0 Å². The van der Waals surface area contributed by atoms with Crippen molar-refractivity contribution in [2.24, 2.45) is 0 Å². The summed E-state index contributed by atoms with van der Waals surface area (Å²) in [5.74, 6) is 0. The maximum Gasteiger partial charge on any atom is 0.0250 e. The van der Waals surface area contributed by atoms with Crippen LogP contribution in [0.15, 0.2) is 24.3 Å². The lowest BCUT2D eigenvalue weighted by Gasteiger charge is -2.39. The van der Waals surface area contributed by atoms with Crippen molar-refractivity contribution in [3.05, 3.63) is 35.4 Å². The first kappa shape index (κ1) is 16.5. The van der Waals surface area contributed by atoms with Gasteiger partial charge in [0.1, 0.15) is 0 Å². The predicted octanol–water partition coefficient (Wildman–Crippen LogP) is 3.95. The van der Waals surface area contributed by atoms with Crippen LogP contribution >= 0.6 is 0 Å². The monoisotopic (exact) mass is 288 g/mol. The Labute approximate surface area is 130 Å². The van der Waals surface area contributed by atoms with E-state index in [-0.39, 0.29) is 5.41 Å². The third-order valence-corrected chi connectivity index (χ3v) is 4.90. The molecule has 118 valence electrons. The van der Waals surface area contributed by atoms with Crippen LogP contribution in [0.25, 0.3) is 0 Å². The lowest BCUT2D eigenvalue weighted by Crippen LogP contribution is -2.49. The molecule has 2 unspecified atom stereocenters. The second-order valence-electron chi connectivity index (χ2n) is 7.56. The molecular weight excluding hydrogens is 256 g/mol. The molecule has 1 saturated heterocycles.